The van der Waals surface area contributed by atoms with Gasteiger partial charge in [-0.1, -0.05) is 6.07 Å². The zero-order valence-electron chi connectivity index (χ0n) is 13.1. The minimum atomic E-state index is -0.270. The second-order valence-electron chi connectivity index (χ2n) is 4.93. The summed E-state index contributed by atoms with van der Waals surface area (Å²) in [4.78, 5) is 15.9. The Balaban J connectivity index is 1.42. The predicted octanol–water partition coefficient (Wildman–Crippen LogP) is 2.81. The molecule has 3 rings (SSSR count). The summed E-state index contributed by atoms with van der Waals surface area (Å²) in [6.45, 7) is 0.933. The minimum absolute atomic E-state index is 0.261. The van der Waals surface area contributed by atoms with E-state index in [0.29, 0.717) is 35.2 Å². The van der Waals surface area contributed by atoms with Gasteiger partial charge in [0.05, 0.1) is 0 Å². The molecule has 0 aliphatic rings. The molecule has 0 aromatic carbocycles. The molecule has 1 amide bonds. The molecule has 0 spiro atoms. The van der Waals surface area contributed by atoms with Crippen LogP contribution in [0, 0.1) is 0 Å². The molecule has 0 atom stereocenters. The molecule has 0 aliphatic carbocycles. The Kier molecular flexibility index (Phi) is 5.57. The van der Waals surface area contributed by atoms with Crippen molar-refractivity contribution in [3.8, 4) is 0 Å². The van der Waals surface area contributed by atoms with E-state index in [1.165, 1.54) is 0 Å². The number of rotatable bonds is 7. The van der Waals surface area contributed by atoms with Crippen LogP contribution in [0.1, 0.15) is 10.6 Å². The van der Waals surface area contributed by atoms with Crippen LogP contribution in [0.3, 0.4) is 0 Å². The zero-order valence-corrected chi connectivity index (χ0v) is 14.7. The molecular formula is C16H15BrN6O2. The molecule has 3 aromatic heterocycles. The van der Waals surface area contributed by atoms with Crippen LogP contribution in [0.4, 0.5) is 17.5 Å². The average Bonchev–Trinajstić information content (AvgIpc) is 3.07. The lowest BCUT2D eigenvalue weighted by Gasteiger charge is -2.07. The van der Waals surface area contributed by atoms with E-state index in [2.05, 4.69) is 47.1 Å². The van der Waals surface area contributed by atoms with E-state index in [1.54, 1.807) is 30.5 Å². The molecule has 0 fully saturated rings. The van der Waals surface area contributed by atoms with Crippen molar-refractivity contribution in [1.29, 1.82) is 0 Å². The second kappa shape index (κ2) is 8.25. The maximum atomic E-state index is 11.8. The van der Waals surface area contributed by atoms with E-state index in [9.17, 15) is 4.79 Å². The number of carbonyl (C=O) groups excluding carboxylic acids is 1. The molecule has 0 unspecified atom stereocenters. The first kappa shape index (κ1) is 16.9. The number of amides is 1. The van der Waals surface area contributed by atoms with Crippen molar-refractivity contribution < 1.29 is 9.21 Å². The van der Waals surface area contributed by atoms with Crippen LogP contribution in [0.5, 0.6) is 0 Å². The van der Waals surface area contributed by atoms with Crippen molar-refractivity contribution in [2.75, 3.05) is 23.7 Å². The van der Waals surface area contributed by atoms with Crippen LogP contribution in [0.25, 0.3) is 0 Å². The number of nitrogens with zero attached hydrogens (tertiary/aromatic N) is 3. The van der Waals surface area contributed by atoms with Gasteiger partial charge in [0, 0.05) is 19.3 Å². The van der Waals surface area contributed by atoms with Crippen LogP contribution in [-0.4, -0.2) is 34.2 Å². The Labute approximate surface area is 152 Å². The molecule has 25 heavy (non-hydrogen) atoms. The molecule has 128 valence electrons. The van der Waals surface area contributed by atoms with Crippen molar-refractivity contribution in [2.24, 2.45) is 0 Å². The van der Waals surface area contributed by atoms with Crippen LogP contribution in [0.2, 0.25) is 0 Å². The van der Waals surface area contributed by atoms with E-state index in [0.717, 1.165) is 0 Å². The van der Waals surface area contributed by atoms with E-state index >= 15 is 0 Å². The van der Waals surface area contributed by atoms with Gasteiger partial charge in [-0.25, -0.2) is 4.98 Å². The highest BCUT2D eigenvalue weighted by atomic mass is 79.9. The molecule has 0 radical (unpaired) electrons. The quantitative estimate of drug-likeness (QED) is 0.521. The topological polar surface area (TPSA) is 105 Å². The van der Waals surface area contributed by atoms with E-state index in [-0.39, 0.29) is 11.7 Å². The summed E-state index contributed by atoms with van der Waals surface area (Å²) in [6.07, 6.45) is 1.70. The van der Waals surface area contributed by atoms with Crippen LogP contribution >= 0.6 is 15.9 Å². The van der Waals surface area contributed by atoms with Crippen LogP contribution in [-0.2, 0) is 0 Å². The molecular weight excluding hydrogens is 388 g/mol. The molecule has 0 aliphatic heterocycles. The Morgan fingerprint density at radius 3 is 2.52 bits per heavy atom. The van der Waals surface area contributed by atoms with Gasteiger partial charge < -0.3 is 20.4 Å². The summed E-state index contributed by atoms with van der Waals surface area (Å²) in [6, 6.07) is 12.4. The maximum absolute atomic E-state index is 11.8. The van der Waals surface area contributed by atoms with Crippen molar-refractivity contribution in [3.05, 3.63) is 59.1 Å². The predicted molar refractivity (Wildman–Crippen MR) is 96.8 cm³/mol. The molecule has 0 saturated heterocycles. The van der Waals surface area contributed by atoms with Gasteiger partial charge in [0.15, 0.2) is 16.2 Å². The highest BCUT2D eigenvalue weighted by Crippen LogP contribution is 2.14. The van der Waals surface area contributed by atoms with E-state index in [4.69, 9.17) is 4.42 Å². The van der Waals surface area contributed by atoms with E-state index in [1.807, 2.05) is 18.2 Å². The summed E-state index contributed by atoms with van der Waals surface area (Å²) >= 11 is 3.16. The number of halogens is 1. The Morgan fingerprint density at radius 1 is 1.00 bits per heavy atom. The molecule has 9 heteroatoms. The first-order valence-corrected chi connectivity index (χ1v) is 8.29. The fraction of sp³-hybridized carbons (Fsp3) is 0.125. The fourth-order valence-electron chi connectivity index (χ4n) is 1.95. The van der Waals surface area contributed by atoms with Crippen molar-refractivity contribution in [2.45, 2.75) is 0 Å². The normalized spacial score (nSPS) is 10.3. The number of nitrogens with one attached hydrogen (secondary N) is 3. The lowest BCUT2D eigenvalue weighted by molar-refractivity contribution is 0.0926. The van der Waals surface area contributed by atoms with Crippen molar-refractivity contribution in [1.82, 2.24) is 20.5 Å². The third-order valence-corrected chi connectivity index (χ3v) is 3.53. The molecule has 3 N–H and O–H groups in total. The fourth-order valence-corrected chi connectivity index (χ4v) is 2.26. The second-order valence-corrected chi connectivity index (χ2v) is 5.71. The summed E-state index contributed by atoms with van der Waals surface area (Å²) in [5.41, 5.74) is 0. The first-order chi connectivity index (χ1) is 12.2. The lowest BCUT2D eigenvalue weighted by atomic mass is 10.4. The summed E-state index contributed by atoms with van der Waals surface area (Å²) in [7, 11) is 0. The van der Waals surface area contributed by atoms with Crippen molar-refractivity contribution in [3.63, 3.8) is 0 Å². The molecule has 0 saturated carbocycles. The van der Waals surface area contributed by atoms with Crippen LogP contribution < -0.4 is 16.0 Å². The van der Waals surface area contributed by atoms with E-state index < -0.39 is 0 Å². The number of furan rings is 1. The monoisotopic (exact) mass is 402 g/mol. The number of anilines is 3. The largest absolute Gasteiger partial charge is 0.444 e. The maximum Gasteiger partial charge on any atom is 0.287 e. The third kappa shape index (κ3) is 5.01. The number of aromatic nitrogens is 3. The minimum Gasteiger partial charge on any atom is -0.444 e. The summed E-state index contributed by atoms with van der Waals surface area (Å²) in [5, 5.41) is 17.0. The van der Waals surface area contributed by atoms with Crippen molar-refractivity contribution >= 4 is 39.3 Å². The van der Waals surface area contributed by atoms with Gasteiger partial charge >= 0.3 is 0 Å². The smallest absolute Gasteiger partial charge is 0.287 e. The Bertz CT molecular complexity index is 822. The SMILES string of the molecule is O=C(NCCNc1ccc(Nc2ccccn2)nn1)c1ccc(Br)o1. The van der Waals surface area contributed by atoms with Gasteiger partial charge in [0.25, 0.3) is 5.91 Å². The highest BCUT2D eigenvalue weighted by Gasteiger charge is 2.09. The summed E-state index contributed by atoms with van der Waals surface area (Å²) < 4.78 is 5.69. The third-order valence-electron chi connectivity index (χ3n) is 3.10. The van der Waals surface area contributed by atoms with Gasteiger partial charge in [-0.3, -0.25) is 4.79 Å². The summed E-state index contributed by atoms with van der Waals surface area (Å²) in [5.74, 6) is 1.90. The first-order valence-electron chi connectivity index (χ1n) is 7.50. The Hall–Kier alpha value is -2.94. The number of hydrogen-bond donors (Lipinski definition) is 3. The van der Waals surface area contributed by atoms with Gasteiger partial charge in [-0.15, -0.1) is 10.2 Å². The highest BCUT2D eigenvalue weighted by molar-refractivity contribution is 9.10. The van der Waals surface area contributed by atoms with Gasteiger partial charge in [-0.05, 0) is 52.3 Å². The number of hydrogen-bond acceptors (Lipinski definition) is 7. The zero-order chi connectivity index (χ0) is 17.5. The molecule has 8 nitrogen and oxygen atoms in total. The van der Waals surface area contributed by atoms with Gasteiger partial charge in [0.1, 0.15) is 11.6 Å². The molecule has 3 aromatic rings. The van der Waals surface area contributed by atoms with Gasteiger partial charge in [-0.2, -0.15) is 0 Å². The standard InChI is InChI=1S/C16H15BrN6O2/c17-12-5-4-11(25-12)16(24)20-10-9-19-14-6-7-15(23-22-14)21-13-3-1-2-8-18-13/h1-8H,9-10H2,(H,19,22)(H,20,24)(H,18,21,23). The Morgan fingerprint density at radius 2 is 1.84 bits per heavy atom. The van der Waals surface area contributed by atoms with Crippen LogP contribution in [0.15, 0.2) is 57.7 Å². The lowest BCUT2D eigenvalue weighted by Crippen LogP contribution is -2.28. The molecule has 3 heterocycles. The number of pyridine rings is 1. The average molecular weight is 403 g/mol. The van der Waals surface area contributed by atoms with Gasteiger partial charge in [0.2, 0.25) is 0 Å². The molecule has 0 bridgehead atoms. The number of carbonyl (C=O) groups is 1.